The Morgan fingerprint density at radius 1 is 1.10 bits per heavy atom. The van der Waals surface area contributed by atoms with E-state index in [1.807, 2.05) is 50.4 Å². The molecule has 0 fully saturated rings. The average Bonchev–Trinajstić information content (AvgIpc) is 2.44. The summed E-state index contributed by atoms with van der Waals surface area (Å²) in [5, 5.41) is 4.56. The van der Waals surface area contributed by atoms with E-state index in [1.165, 1.54) is 0 Å². The molecule has 0 spiro atoms. The molecule has 0 saturated heterocycles. The van der Waals surface area contributed by atoms with E-state index in [-0.39, 0.29) is 6.04 Å². The topological polar surface area (TPSA) is 21.3 Å². The molecule has 2 rings (SSSR count). The molecular weight excluding hydrogens is 293 g/mol. The van der Waals surface area contributed by atoms with Crippen molar-refractivity contribution in [1.29, 1.82) is 0 Å². The van der Waals surface area contributed by atoms with Gasteiger partial charge in [-0.1, -0.05) is 47.5 Å². The van der Waals surface area contributed by atoms with Crippen molar-refractivity contribution in [3.05, 3.63) is 63.6 Å². The van der Waals surface area contributed by atoms with Crippen LogP contribution in [0.3, 0.4) is 0 Å². The summed E-state index contributed by atoms with van der Waals surface area (Å²) in [4.78, 5) is 0. The minimum atomic E-state index is -0.0393. The average molecular weight is 310 g/mol. The Morgan fingerprint density at radius 2 is 1.85 bits per heavy atom. The fourth-order valence-electron chi connectivity index (χ4n) is 2.22. The lowest BCUT2D eigenvalue weighted by Gasteiger charge is -2.21. The summed E-state index contributed by atoms with van der Waals surface area (Å²) in [5.74, 6) is 0.861. The van der Waals surface area contributed by atoms with Crippen LogP contribution in [0.25, 0.3) is 0 Å². The molecule has 0 saturated carbocycles. The van der Waals surface area contributed by atoms with Crippen molar-refractivity contribution in [2.24, 2.45) is 0 Å². The van der Waals surface area contributed by atoms with Crippen LogP contribution in [0.2, 0.25) is 10.0 Å². The Balaban J connectivity index is 2.47. The number of hydrogen-bond acceptors (Lipinski definition) is 2. The van der Waals surface area contributed by atoms with Crippen LogP contribution < -0.4 is 10.1 Å². The van der Waals surface area contributed by atoms with Crippen LogP contribution in [0, 0.1) is 0 Å². The third kappa shape index (κ3) is 3.26. The number of benzene rings is 2. The zero-order chi connectivity index (χ0) is 14.5. The normalized spacial score (nSPS) is 12.2. The SMILES string of the molecule is CCOc1ccccc1C(NC)c1ccc(Cl)cc1Cl. The molecule has 1 unspecified atom stereocenters. The molecule has 1 atom stereocenters. The second-order valence-corrected chi connectivity index (χ2v) is 5.20. The molecule has 0 aromatic heterocycles. The van der Waals surface area contributed by atoms with Crippen LogP contribution in [-0.2, 0) is 0 Å². The van der Waals surface area contributed by atoms with Crippen molar-refractivity contribution in [3.8, 4) is 5.75 Å². The van der Waals surface area contributed by atoms with Crippen molar-refractivity contribution >= 4 is 23.2 Å². The standard InChI is InChI=1S/C16H17Cl2NO/c1-3-20-15-7-5-4-6-13(15)16(19-2)12-9-8-11(17)10-14(12)18/h4-10,16,19H,3H2,1-2H3. The fourth-order valence-corrected chi connectivity index (χ4v) is 2.74. The van der Waals surface area contributed by atoms with Gasteiger partial charge in [0.2, 0.25) is 0 Å². The maximum absolute atomic E-state index is 6.32. The highest BCUT2D eigenvalue weighted by molar-refractivity contribution is 6.35. The summed E-state index contributed by atoms with van der Waals surface area (Å²) in [6, 6.07) is 13.5. The van der Waals surface area contributed by atoms with Gasteiger partial charge in [-0.2, -0.15) is 0 Å². The Kier molecular flexibility index (Phi) is 5.30. The van der Waals surface area contributed by atoms with Crippen LogP contribution in [0.15, 0.2) is 42.5 Å². The lowest BCUT2D eigenvalue weighted by Crippen LogP contribution is -2.19. The fraction of sp³-hybridized carbons (Fsp3) is 0.250. The van der Waals surface area contributed by atoms with Crippen molar-refractivity contribution in [2.45, 2.75) is 13.0 Å². The van der Waals surface area contributed by atoms with Crippen LogP contribution in [0.5, 0.6) is 5.75 Å². The number of hydrogen-bond donors (Lipinski definition) is 1. The molecule has 1 N–H and O–H groups in total. The Bertz CT molecular complexity index is 586. The van der Waals surface area contributed by atoms with Crippen LogP contribution >= 0.6 is 23.2 Å². The van der Waals surface area contributed by atoms with Crippen LogP contribution in [0.4, 0.5) is 0 Å². The summed E-state index contributed by atoms with van der Waals surface area (Å²) < 4.78 is 5.70. The first-order chi connectivity index (χ1) is 9.67. The molecule has 106 valence electrons. The number of para-hydroxylation sites is 1. The number of nitrogens with one attached hydrogen (secondary N) is 1. The van der Waals surface area contributed by atoms with Crippen LogP contribution in [0.1, 0.15) is 24.1 Å². The summed E-state index contributed by atoms with van der Waals surface area (Å²) in [6.07, 6.45) is 0. The third-order valence-electron chi connectivity index (χ3n) is 3.09. The van der Waals surface area contributed by atoms with Gasteiger partial charge in [-0.05, 0) is 37.7 Å². The van der Waals surface area contributed by atoms with Gasteiger partial charge in [0.25, 0.3) is 0 Å². The summed E-state index contributed by atoms with van der Waals surface area (Å²) >= 11 is 12.3. The molecule has 0 bridgehead atoms. The van der Waals surface area contributed by atoms with E-state index in [9.17, 15) is 0 Å². The van der Waals surface area contributed by atoms with Gasteiger partial charge >= 0.3 is 0 Å². The second kappa shape index (κ2) is 6.98. The number of ether oxygens (including phenoxy) is 1. The molecule has 0 aliphatic carbocycles. The zero-order valence-corrected chi connectivity index (χ0v) is 13.0. The molecular formula is C16H17Cl2NO. The van der Waals surface area contributed by atoms with E-state index < -0.39 is 0 Å². The molecule has 0 aliphatic heterocycles. The predicted molar refractivity (Wildman–Crippen MR) is 85.0 cm³/mol. The van der Waals surface area contributed by atoms with E-state index in [2.05, 4.69) is 5.32 Å². The number of rotatable bonds is 5. The quantitative estimate of drug-likeness (QED) is 0.864. The van der Waals surface area contributed by atoms with Gasteiger partial charge in [-0.3, -0.25) is 0 Å². The van der Waals surface area contributed by atoms with Gasteiger partial charge in [0.05, 0.1) is 12.6 Å². The molecule has 2 aromatic rings. The molecule has 0 aliphatic rings. The van der Waals surface area contributed by atoms with Gasteiger partial charge < -0.3 is 10.1 Å². The van der Waals surface area contributed by atoms with E-state index in [4.69, 9.17) is 27.9 Å². The largest absolute Gasteiger partial charge is 0.494 e. The van der Waals surface area contributed by atoms with Crippen molar-refractivity contribution in [2.75, 3.05) is 13.7 Å². The van der Waals surface area contributed by atoms with Crippen LogP contribution in [-0.4, -0.2) is 13.7 Å². The van der Waals surface area contributed by atoms with E-state index in [0.717, 1.165) is 16.9 Å². The highest BCUT2D eigenvalue weighted by Crippen LogP contribution is 2.34. The first-order valence-corrected chi connectivity index (χ1v) is 7.27. The monoisotopic (exact) mass is 309 g/mol. The lowest BCUT2D eigenvalue weighted by atomic mass is 9.98. The van der Waals surface area contributed by atoms with Gasteiger partial charge in [0, 0.05) is 15.6 Å². The minimum absolute atomic E-state index is 0.0393. The second-order valence-electron chi connectivity index (χ2n) is 4.36. The molecule has 2 aromatic carbocycles. The van der Waals surface area contributed by atoms with Crippen molar-refractivity contribution < 1.29 is 4.74 Å². The molecule has 0 heterocycles. The minimum Gasteiger partial charge on any atom is -0.494 e. The van der Waals surface area contributed by atoms with Gasteiger partial charge in [-0.25, -0.2) is 0 Å². The number of halogens is 2. The highest BCUT2D eigenvalue weighted by atomic mass is 35.5. The maximum Gasteiger partial charge on any atom is 0.124 e. The molecule has 0 radical (unpaired) electrons. The smallest absolute Gasteiger partial charge is 0.124 e. The molecule has 20 heavy (non-hydrogen) atoms. The summed E-state index contributed by atoms with van der Waals surface area (Å²) in [5.41, 5.74) is 2.03. The van der Waals surface area contributed by atoms with Crippen molar-refractivity contribution in [3.63, 3.8) is 0 Å². The first kappa shape index (κ1) is 15.2. The van der Waals surface area contributed by atoms with Gasteiger partial charge in [0.15, 0.2) is 0 Å². The van der Waals surface area contributed by atoms with E-state index in [1.54, 1.807) is 6.07 Å². The first-order valence-electron chi connectivity index (χ1n) is 6.51. The summed E-state index contributed by atoms with van der Waals surface area (Å²) in [6.45, 7) is 2.60. The molecule has 0 amide bonds. The Labute approximate surface area is 129 Å². The Morgan fingerprint density at radius 3 is 2.50 bits per heavy atom. The maximum atomic E-state index is 6.32. The summed E-state index contributed by atoms with van der Waals surface area (Å²) in [7, 11) is 1.90. The predicted octanol–water partition coefficient (Wildman–Crippen LogP) is 4.70. The zero-order valence-electron chi connectivity index (χ0n) is 11.5. The van der Waals surface area contributed by atoms with Gasteiger partial charge in [0.1, 0.15) is 5.75 Å². The van der Waals surface area contributed by atoms with Crippen molar-refractivity contribution in [1.82, 2.24) is 5.32 Å². The van der Waals surface area contributed by atoms with Gasteiger partial charge in [-0.15, -0.1) is 0 Å². The highest BCUT2D eigenvalue weighted by Gasteiger charge is 2.19. The molecule has 4 heteroatoms. The lowest BCUT2D eigenvalue weighted by molar-refractivity contribution is 0.334. The van der Waals surface area contributed by atoms with E-state index in [0.29, 0.717) is 16.7 Å². The molecule has 2 nitrogen and oxygen atoms in total. The third-order valence-corrected chi connectivity index (χ3v) is 3.65. The Hall–Kier alpha value is -1.22. The van der Waals surface area contributed by atoms with E-state index >= 15 is 0 Å².